The van der Waals surface area contributed by atoms with Crippen LogP contribution >= 0.6 is 23.2 Å². The Hall–Kier alpha value is -1.47. The first-order chi connectivity index (χ1) is 8.25. The Morgan fingerprint density at radius 2 is 2.18 bits per heavy atom. The maximum absolute atomic E-state index is 5.79. The summed E-state index contributed by atoms with van der Waals surface area (Å²) in [5, 5.41) is 18.0. The fourth-order valence-electron chi connectivity index (χ4n) is 1.21. The van der Waals surface area contributed by atoms with E-state index in [2.05, 4.69) is 30.8 Å². The topological polar surface area (TPSA) is 81.4 Å². The molecule has 0 aliphatic carbocycles. The number of hydrogen-bond donors (Lipinski definition) is 1. The lowest BCUT2D eigenvalue weighted by atomic mass is 10.4. The van der Waals surface area contributed by atoms with E-state index in [1.807, 2.05) is 0 Å². The van der Waals surface area contributed by atoms with Crippen LogP contribution in [0.15, 0.2) is 12.4 Å². The summed E-state index contributed by atoms with van der Waals surface area (Å²) in [6.45, 7) is 1.44. The molecule has 0 spiro atoms. The van der Waals surface area contributed by atoms with E-state index < -0.39 is 0 Å². The van der Waals surface area contributed by atoms with Gasteiger partial charge >= 0.3 is 0 Å². The molecule has 0 bridgehead atoms. The Morgan fingerprint density at radius 3 is 2.94 bits per heavy atom. The van der Waals surface area contributed by atoms with E-state index in [4.69, 9.17) is 23.2 Å². The van der Waals surface area contributed by atoms with Crippen LogP contribution in [0.25, 0.3) is 0 Å². The van der Waals surface area contributed by atoms with Gasteiger partial charge in [0.1, 0.15) is 0 Å². The molecule has 1 N–H and O–H groups in total. The molecule has 0 saturated carbocycles. The molecule has 2 aromatic heterocycles. The molecule has 7 nitrogen and oxygen atoms in total. The van der Waals surface area contributed by atoms with Crippen LogP contribution in [0.3, 0.4) is 0 Å². The molecule has 2 heterocycles. The number of halogens is 2. The van der Waals surface area contributed by atoms with Gasteiger partial charge < -0.3 is 5.32 Å². The largest absolute Gasteiger partial charge is 0.367 e. The fourth-order valence-corrected chi connectivity index (χ4v) is 1.47. The minimum absolute atomic E-state index is 0.0631. The maximum atomic E-state index is 5.79. The molecule has 0 atom stereocenters. The number of anilines is 1. The molecule has 0 aliphatic heterocycles. The highest BCUT2D eigenvalue weighted by Gasteiger charge is 2.04. The van der Waals surface area contributed by atoms with Crippen LogP contribution in [0.1, 0.15) is 6.42 Å². The fraction of sp³-hybridized carbons (Fsp3) is 0.375. The molecule has 0 amide bonds. The number of nitrogens with one attached hydrogen (secondary N) is 1. The highest BCUT2D eigenvalue weighted by molar-refractivity contribution is 6.32. The van der Waals surface area contributed by atoms with Gasteiger partial charge in [-0.25, -0.2) is 0 Å². The van der Waals surface area contributed by atoms with E-state index in [1.165, 1.54) is 0 Å². The Bertz CT molecular complexity index is 473. The van der Waals surface area contributed by atoms with E-state index in [9.17, 15) is 0 Å². The SMILES string of the molecule is Clc1nnc(Cl)c(NCCCn2ccnn2)n1. The van der Waals surface area contributed by atoms with Gasteiger partial charge in [-0.1, -0.05) is 16.8 Å². The molecular weight excluding hydrogens is 265 g/mol. The van der Waals surface area contributed by atoms with E-state index in [0.717, 1.165) is 13.0 Å². The normalized spacial score (nSPS) is 10.5. The zero-order chi connectivity index (χ0) is 12.1. The zero-order valence-electron chi connectivity index (χ0n) is 8.72. The third-order valence-corrected chi connectivity index (χ3v) is 2.36. The van der Waals surface area contributed by atoms with Gasteiger partial charge in [0.2, 0.25) is 5.28 Å². The Labute approximate surface area is 107 Å². The second-order valence-corrected chi connectivity index (χ2v) is 3.86. The third kappa shape index (κ3) is 3.50. The average Bonchev–Trinajstić information content (AvgIpc) is 2.82. The van der Waals surface area contributed by atoms with Gasteiger partial charge in [-0.2, -0.15) is 4.98 Å². The van der Waals surface area contributed by atoms with E-state index in [-0.39, 0.29) is 10.4 Å². The van der Waals surface area contributed by atoms with Gasteiger partial charge in [0.15, 0.2) is 11.0 Å². The van der Waals surface area contributed by atoms with Crippen LogP contribution in [0.4, 0.5) is 5.82 Å². The van der Waals surface area contributed by atoms with Crippen LogP contribution in [0, 0.1) is 0 Å². The predicted molar refractivity (Wildman–Crippen MR) is 63.0 cm³/mol. The van der Waals surface area contributed by atoms with Crippen molar-refractivity contribution in [1.82, 2.24) is 30.2 Å². The van der Waals surface area contributed by atoms with Crippen molar-refractivity contribution in [3.63, 3.8) is 0 Å². The molecule has 0 saturated heterocycles. The summed E-state index contributed by atoms with van der Waals surface area (Å²) < 4.78 is 1.74. The van der Waals surface area contributed by atoms with Crippen molar-refractivity contribution >= 4 is 29.0 Å². The Morgan fingerprint density at radius 1 is 1.29 bits per heavy atom. The van der Waals surface area contributed by atoms with Crippen molar-refractivity contribution in [3.05, 3.63) is 22.8 Å². The molecule has 0 fully saturated rings. The number of hydrogen-bond acceptors (Lipinski definition) is 6. The van der Waals surface area contributed by atoms with Crippen LogP contribution < -0.4 is 5.32 Å². The second-order valence-electron chi connectivity index (χ2n) is 3.17. The standard InChI is InChI=1S/C8H9Cl2N7/c9-6-7(13-8(10)15-14-6)11-2-1-4-17-5-3-12-16-17/h3,5H,1-2,4H2,(H,11,13,15). The van der Waals surface area contributed by atoms with Crippen LogP contribution in [0.5, 0.6) is 0 Å². The highest BCUT2D eigenvalue weighted by atomic mass is 35.5. The summed E-state index contributed by atoms with van der Waals surface area (Å²) in [6, 6.07) is 0. The van der Waals surface area contributed by atoms with Crippen molar-refractivity contribution in [1.29, 1.82) is 0 Å². The molecule has 0 aromatic carbocycles. The minimum Gasteiger partial charge on any atom is -0.367 e. The van der Waals surface area contributed by atoms with Gasteiger partial charge in [0, 0.05) is 19.3 Å². The van der Waals surface area contributed by atoms with E-state index in [0.29, 0.717) is 12.4 Å². The highest BCUT2D eigenvalue weighted by Crippen LogP contribution is 2.16. The second kappa shape index (κ2) is 5.74. The average molecular weight is 274 g/mol. The lowest BCUT2D eigenvalue weighted by Crippen LogP contribution is -2.09. The van der Waals surface area contributed by atoms with Crippen molar-refractivity contribution in [2.45, 2.75) is 13.0 Å². The van der Waals surface area contributed by atoms with Crippen LogP contribution in [-0.2, 0) is 6.54 Å². The summed E-state index contributed by atoms with van der Waals surface area (Å²) in [6.07, 6.45) is 4.29. The number of nitrogens with zero attached hydrogens (tertiary/aromatic N) is 6. The third-order valence-electron chi connectivity index (χ3n) is 1.95. The van der Waals surface area contributed by atoms with Crippen molar-refractivity contribution < 1.29 is 0 Å². The van der Waals surface area contributed by atoms with Gasteiger partial charge in [0.25, 0.3) is 0 Å². The summed E-state index contributed by atoms with van der Waals surface area (Å²) in [4.78, 5) is 3.92. The molecule has 17 heavy (non-hydrogen) atoms. The molecular formula is C8H9Cl2N7. The lowest BCUT2D eigenvalue weighted by molar-refractivity contribution is 0.569. The van der Waals surface area contributed by atoms with Crippen molar-refractivity contribution in [2.75, 3.05) is 11.9 Å². The summed E-state index contributed by atoms with van der Waals surface area (Å²) in [5.41, 5.74) is 0. The van der Waals surface area contributed by atoms with Gasteiger partial charge in [0.05, 0.1) is 6.20 Å². The van der Waals surface area contributed by atoms with Gasteiger partial charge in [-0.3, -0.25) is 4.68 Å². The van der Waals surface area contributed by atoms with E-state index in [1.54, 1.807) is 17.1 Å². The molecule has 90 valence electrons. The van der Waals surface area contributed by atoms with E-state index >= 15 is 0 Å². The first-order valence-electron chi connectivity index (χ1n) is 4.89. The first-order valence-corrected chi connectivity index (χ1v) is 5.65. The molecule has 9 heteroatoms. The number of aromatic nitrogens is 6. The molecule has 0 radical (unpaired) electrons. The van der Waals surface area contributed by atoms with Crippen LogP contribution in [0.2, 0.25) is 10.4 Å². The molecule has 2 rings (SSSR count). The quantitative estimate of drug-likeness (QED) is 0.827. The van der Waals surface area contributed by atoms with Crippen molar-refractivity contribution in [3.8, 4) is 0 Å². The maximum Gasteiger partial charge on any atom is 0.245 e. The van der Waals surface area contributed by atoms with Gasteiger partial charge in [-0.05, 0) is 18.0 Å². The minimum atomic E-state index is 0.0631. The first kappa shape index (κ1) is 12.0. The van der Waals surface area contributed by atoms with Gasteiger partial charge in [-0.15, -0.1) is 15.3 Å². The molecule has 0 aliphatic rings. The monoisotopic (exact) mass is 273 g/mol. The lowest BCUT2D eigenvalue weighted by Gasteiger charge is -2.05. The Balaban J connectivity index is 1.80. The number of aryl methyl sites for hydroxylation is 1. The smallest absolute Gasteiger partial charge is 0.245 e. The Kier molecular flexibility index (Phi) is 4.05. The van der Waals surface area contributed by atoms with Crippen LogP contribution in [-0.4, -0.2) is 36.7 Å². The number of rotatable bonds is 5. The summed E-state index contributed by atoms with van der Waals surface area (Å²) in [7, 11) is 0. The predicted octanol–water partition coefficient (Wildman–Crippen LogP) is 1.27. The molecule has 2 aromatic rings. The summed E-state index contributed by atoms with van der Waals surface area (Å²) >= 11 is 11.4. The molecule has 0 unspecified atom stereocenters. The summed E-state index contributed by atoms with van der Waals surface area (Å²) in [5.74, 6) is 0.435. The zero-order valence-corrected chi connectivity index (χ0v) is 10.2. The van der Waals surface area contributed by atoms with Crippen molar-refractivity contribution in [2.24, 2.45) is 0 Å².